The first kappa shape index (κ1) is 25.5. The Morgan fingerprint density at radius 2 is 1.11 bits per heavy atom. The first-order chi connectivity index (χ1) is 17.7. The van der Waals surface area contributed by atoms with Crippen molar-refractivity contribution in [3.05, 3.63) is 161 Å². The van der Waals surface area contributed by atoms with Crippen LogP contribution in [0.4, 0.5) is 0 Å². The minimum atomic E-state index is -0.432. The number of allylic oxidation sites excluding steroid dienone is 3. The highest BCUT2D eigenvalue weighted by molar-refractivity contribution is 5.72. The predicted octanol–water partition coefficient (Wildman–Crippen LogP) is 9.39. The molecule has 0 heterocycles. The molecule has 0 spiro atoms. The standard InChI is InChI=1S/C36H38/c1-4-13-29-19-23-32(24-20-29)33(27-31-15-9-7-10-16-31)28-36(6-3,34-17-11-8-12-18-34)35-25-21-30(14-5-2)22-26-35/h6-12,15-26,28H,3-5,13-14,27H2,1-2H3. The van der Waals surface area contributed by atoms with Crippen LogP contribution in [0.2, 0.25) is 0 Å². The fraction of sp³-hybridized carbons (Fsp3) is 0.222. The number of rotatable bonds is 11. The summed E-state index contributed by atoms with van der Waals surface area (Å²) in [5.74, 6) is 0. The number of benzene rings is 4. The molecule has 0 bridgehead atoms. The summed E-state index contributed by atoms with van der Waals surface area (Å²) < 4.78 is 0. The highest BCUT2D eigenvalue weighted by Crippen LogP contribution is 2.39. The third kappa shape index (κ3) is 5.94. The molecule has 4 aromatic carbocycles. The summed E-state index contributed by atoms with van der Waals surface area (Å²) in [7, 11) is 0. The van der Waals surface area contributed by atoms with Crippen molar-refractivity contribution < 1.29 is 0 Å². The molecule has 0 aliphatic carbocycles. The third-order valence-corrected chi connectivity index (χ3v) is 7.05. The van der Waals surface area contributed by atoms with E-state index in [9.17, 15) is 0 Å². The quantitative estimate of drug-likeness (QED) is 0.192. The molecule has 0 aliphatic rings. The van der Waals surface area contributed by atoms with Gasteiger partial charge in [-0.05, 0) is 58.2 Å². The van der Waals surface area contributed by atoms with Gasteiger partial charge in [0.25, 0.3) is 0 Å². The Morgan fingerprint density at radius 1 is 0.611 bits per heavy atom. The topological polar surface area (TPSA) is 0 Å². The van der Waals surface area contributed by atoms with Gasteiger partial charge in [0.1, 0.15) is 0 Å². The highest BCUT2D eigenvalue weighted by atomic mass is 14.3. The maximum atomic E-state index is 4.39. The van der Waals surface area contributed by atoms with E-state index in [-0.39, 0.29) is 0 Å². The molecule has 1 unspecified atom stereocenters. The Labute approximate surface area is 218 Å². The van der Waals surface area contributed by atoms with Gasteiger partial charge >= 0.3 is 0 Å². The summed E-state index contributed by atoms with van der Waals surface area (Å²) in [6.45, 7) is 8.86. The molecule has 0 amide bonds. The van der Waals surface area contributed by atoms with E-state index in [0.717, 1.165) is 32.1 Å². The van der Waals surface area contributed by atoms with Crippen LogP contribution in [-0.2, 0) is 24.7 Å². The van der Waals surface area contributed by atoms with E-state index in [1.165, 1.54) is 39.0 Å². The zero-order chi connectivity index (χ0) is 25.2. The first-order valence-corrected chi connectivity index (χ1v) is 13.3. The van der Waals surface area contributed by atoms with Crippen LogP contribution in [0.3, 0.4) is 0 Å². The third-order valence-electron chi connectivity index (χ3n) is 7.05. The summed E-state index contributed by atoms with van der Waals surface area (Å²) in [6, 6.07) is 39.9. The van der Waals surface area contributed by atoms with Crippen LogP contribution in [0.15, 0.2) is 128 Å². The van der Waals surface area contributed by atoms with Gasteiger partial charge in [-0.3, -0.25) is 0 Å². The highest BCUT2D eigenvalue weighted by Gasteiger charge is 2.29. The van der Waals surface area contributed by atoms with Crippen molar-refractivity contribution in [2.24, 2.45) is 0 Å². The lowest BCUT2D eigenvalue weighted by molar-refractivity contribution is 0.813. The van der Waals surface area contributed by atoms with E-state index < -0.39 is 5.41 Å². The molecule has 0 aliphatic heterocycles. The fourth-order valence-electron chi connectivity index (χ4n) is 5.08. The molecular formula is C36H38. The van der Waals surface area contributed by atoms with E-state index in [4.69, 9.17) is 0 Å². The molecule has 0 radical (unpaired) electrons. The van der Waals surface area contributed by atoms with E-state index in [2.05, 4.69) is 142 Å². The Balaban J connectivity index is 1.89. The Morgan fingerprint density at radius 3 is 1.64 bits per heavy atom. The van der Waals surface area contributed by atoms with Gasteiger partial charge in [-0.2, -0.15) is 0 Å². The van der Waals surface area contributed by atoms with Crippen molar-refractivity contribution in [3.63, 3.8) is 0 Å². The van der Waals surface area contributed by atoms with Gasteiger partial charge in [-0.1, -0.05) is 148 Å². The van der Waals surface area contributed by atoms with Crippen molar-refractivity contribution in [1.82, 2.24) is 0 Å². The van der Waals surface area contributed by atoms with Crippen LogP contribution in [-0.4, -0.2) is 0 Å². The van der Waals surface area contributed by atoms with Crippen LogP contribution in [0, 0.1) is 0 Å². The van der Waals surface area contributed by atoms with Crippen molar-refractivity contribution in [2.45, 2.75) is 51.4 Å². The average molecular weight is 471 g/mol. The SMILES string of the molecule is C=CC(C=C(Cc1ccccc1)c1ccc(CCC)cc1)(c1ccccc1)c1ccc(CCC)cc1. The van der Waals surface area contributed by atoms with Gasteiger partial charge in [-0.15, -0.1) is 6.58 Å². The van der Waals surface area contributed by atoms with E-state index in [1.807, 2.05) is 0 Å². The Hall–Kier alpha value is -3.64. The van der Waals surface area contributed by atoms with Crippen molar-refractivity contribution >= 4 is 5.57 Å². The molecule has 0 saturated heterocycles. The second-order valence-electron chi connectivity index (χ2n) is 9.66. The average Bonchev–Trinajstić information content (AvgIpc) is 2.93. The number of hydrogen-bond acceptors (Lipinski definition) is 0. The summed E-state index contributed by atoms with van der Waals surface area (Å²) in [6.07, 6.45) is 9.96. The molecule has 0 saturated carbocycles. The molecule has 0 aromatic heterocycles. The molecule has 4 aromatic rings. The minimum Gasteiger partial charge on any atom is -0.102 e. The van der Waals surface area contributed by atoms with Crippen LogP contribution < -0.4 is 0 Å². The molecule has 0 N–H and O–H groups in total. The summed E-state index contributed by atoms with van der Waals surface area (Å²) in [4.78, 5) is 0. The van der Waals surface area contributed by atoms with Crippen molar-refractivity contribution in [2.75, 3.05) is 0 Å². The normalized spacial score (nSPS) is 13.2. The second-order valence-corrected chi connectivity index (χ2v) is 9.66. The lowest BCUT2D eigenvalue weighted by atomic mass is 9.72. The molecule has 0 fully saturated rings. The van der Waals surface area contributed by atoms with Gasteiger partial charge < -0.3 is 0 Å². The van der Waals surface area contributed by atoms with E-state index in [1.54, 1.807) is 0 Å². The molecule has 0 heteroatoms. The molecule has 0 nitrogen and oxygen atoms in total. The summed E-state index contributed by atoms with van der Waals surface area (Å²) in [5.41, 5.74) is 8.71. The number of aryl methyl sites for hydroxylation is 2. The lowest BCUT2D eigenvalue weighted by Crippen LogP contribution is -2.23. The van der Waals surface area contributed by atoms with Gasteiger partial charge in [0, 0.05) is 0 Å². The maximum absolute atomic E-state index is 4.39. The maximum Gasteiger partial charge on any atom is 0.0566 e. The van der Waals surface area contributed by atoms with Crippen molar-refractivity contribution in [3.8, 4) is 0 Å². The molecule has 4 rings (SSSR count). The Kier molecular flexibility index (Phi) is 8.74. The fourth-order valence-corrected chi connectivity index (χ4v) is 5.08. The van der Waals surface area contributed by atoms with Crippen LogP contribution in [0.5, 0.6) is 0 Å². The Bertz CT molecular complexity index is 1250. The zero-order valence-electron chi connectivity index (χ0n) is 21.8. The monoisotopic (exact) mass is 470 g/mol. The van der Waals surface area contributed by atoms with E-state index >= 15 is 0 Å². The first-order valence-electron chi connectivity index (χ1n) is 13.3. The minimum absolute atomic E-state index is 0.432. The van der Waals surface area contributed by atoms with Gasteiger partial charge in [0.15, 0.2) is 0 Å². The van der Waals surface area contributed by atoms with Crippen LogP contribution >= 0.6 is 0 Å². The zero-order valence-corrected chi connectivity index (χ0v) is 21.8. The van der Waals surface area contributed by atoms with Crippen molar-refractivity contribution in [1.29, 1.82) is 0 Å². The van der Waals surface area contributed by atoms with Gasteiger partial charge in [0.05, 0.1) is 5.41 Å². The van der Waals surface area contributed by atoms with Crippen LogP contribution in [0.25, 0.3) is 5.57 Å². The molecule has 182 valence electrons. The molecule has 1 atom stereocenters. The summed E-state index contributed by atoms with van der Waals surface area (Å²) >= 11 is 0. The molecule has 36 heavy (non-hydrogen) atoms. The number of hydrogen-bond donors (Lipinski definition) is 0. The summed E-state index contributed by atoms with van der Waals surface area (Å²) in [5, 5.41) is 0. The van der Waals surface area contributed by atoms with E-state index in [0.29, 0.717) is 0 Å². The largest absolute Gasteiger partial charge is 0.102 e. The second kappa shape index (κ2) is 12.4. The predicted molar refractivity (Wildman–Crippen MR) is 156 cm³/mol. The lowest BCUT2D eigenvalue weighted by Gasteiger charge is -2.31. The molecular weight excluding hydrogens is 432 g/mol. The van der Waals surface area contributed by atoms with Gasteiger partial charge in [0.2, 0.25) is 0 Å². The van der Waals surface area contributed by atoms with Crippen LogP contribution in [0.1, 0.15) is 60.1 Å². The smallest absolute Gasteiger partial charge is 0.0566 e. The van der Waals surface area contributed by atoms with Gasteiger partial charge in [-0.25, -0.2) is 0 Å².